The molecule has 0 fully saturated rings. The van der Waals surface area contributed by atoms with E-state index in [1.807, 2.05) is 18.2 Å². The molecule has 0 aliphatic rings. The Morgan fingerprint density at radius 3 is 2.74 bits per heavy atom. The predicted molar refractivity (Wildman–Crippen MR) is 84.4 cm³/mol. The zero-order valence-corrected chi connectivity index (χ0v) is 12.4. The smallest absolute Gasteiger partial charge is 0.292 e. The molecule has 0 aliphatic heterocycles. The van der Waals surface area contributed by atoms with E-state index in [0.29, 0.717) is 11.0 Å². The number of ether oxygens (including phenoxy) is 2. The van der Waals surface area contributed by atoms with E-state index in [2.05, 4.69) is 9.97 Å². The van der Waals surface area contributed by atoms with Crippen molar-refractivity contribution in [1.82, 2.24) is 9.97 Å². The number of nitriles is 1. The van der Waals surface area contributed by atoms with Crippen LogP contribution >= 0.6 is 0 Å². The monoisotopic (exact) mass is 307 g/mol. The lowest BCUT2D eigenvalue weighted by molar-refractivity contribution is 0.301. The minimum absolute atomic E-state index is 0.0190. The summed E-state index contributed by atoms with van der Waals surface area (Å²) in [4.78, 5) is 19.0. The van der Waals surface area contributed by atoms with Gasteiger partial charge in [0.25, 0.3) is 5.56 Å². The number of aromatic amines is 1. The van der Waals surface area contributed by atoms with Gasteiger partial charge < -0.3 is 14.5 Å². The first-order valence-electron chi connectivity index (χ1n) is 6.89. The van der Waals surface area contributed by atoms with Gasteiger partial charge in [-0.3, -0.25) is 9.78 Å². The number of aromatic nitrogens is 2. The minimum atomic E-state index is -0.449. The van der Waals surface area contributed by atoms with Crippen LogP contribution in [0.4, 0.5) is 0 Å². The van der Waals surface area contributed by atoms with E-state index >= 15 is 0 Å². The lowest BCUT2D eigenvalue weighted by Crippen LogP contribution is -2.14. The first-order valence-corrected chi connectivity index (χ1v) is 6.89. The molecule has 0 radical (unpaired) electrons. The Morgan fingerprint density at radius 1 is 1.26 bits per heavy atom. The molecular weight excluding hydrogens is 294 g/mol. The van der Waals surface area contributed by atoms with Crippen molar-refractivity contribution in [2.45, 2.75) is 6.61 Å². The van der Waals surface area contributed by atoms with Crippen LogP contribution in [0, 0.1) is 11.3 Å². The maximum Gasteiger partial charge on any atom is 0.292 e. The summed E-state index contributed by atoms with van der Waals surface area (Å²) < 4.78 is 10.7. The quantitative estimate of drug-likeness (QED) is 0.799. The minimum Gasteiger partial charge on any atom is -0.497 e. The van der Waals surface area contributed by atoms with Gasteiger partial charge in [-0.2, -0.15) is 5.26 Å². The number of fused-ring (bicyclic) bond motifs is 1. The van der Waals surface area contributed by atoms with Crippen molar-refractivity contribution in [3.8, 4) is 17.6 Å². The van der Waals surface area contributed by atoms with E-state index in [-0.39, 0.29) is 17.9 Å². The lowest BCUT2D eigenvalue weighted by Gasteiger charge is -2.09. The Balaban J connectivity index is 1.94. The van der Waals surface area contributed by atoms with Crippen molar-refractivity contribution in [2.75, 3.05) is 7.11 Å². The first kappa shape index (κ1) is 14.6. The standard InChI is InChI=1S/C17H13N3O3/c1-22-12-6-4-11(5-7-12)10-23-16-13(9-18)15-14(20-17(16)21)3-2-8-19-15/h2-8H,10H2,1H3,(H,20,21). The molecule has 0 saturated heterocycles. The highest BCUT2D eigenvalue weighted by molar-refractivity contribution is 5.82. The first-order chi connectivity index (χ1) is 11.2. The Kier molecular flexibility index (Phi) is 3.93. The van der Waals surface area contributed by atoms with Gasteiger partial charge in [-0.1, -0.05) is 12.1 Å². The average Bonchev–Trinajstić information content (AvgIpc) is 2.60. The van der Waals surface area contributed by atoms with E-state index in [0.717, 1.165) is 11.3 Å². The van der Waals surface area contributed by atoms with Crippen molar-refractivity contribution >= 4 is 11.0 Å². The fraction of sp³-hybridized carbons (Fsp3) is 0.118. The van der Waals surface area contributed by atoms with Crippen LogP contribution in [0.15, 0.2) is 47.4 Å². The van der Waals surface area contributed by atoms with E-state index in [4.69, 9.17) is 9.47 Å². The number of methoxy groups -OCH3 is 1. The molecule has 6 nitrogen and oxygen atoms in total. The fourth-order valence-corrected chi connectivity index (χ4v) is 2.22. The molecule has 23 heavy (non-hydrogen) atoms. The van der Waals surface area contributed by atoms with Gasteiger partial charge in [0.05, 0.1) is 12.6 Å². The molecule has 3 rings (SSSR count). The maximum absolute atomic E-state index is 12.2. The van der Waals surface area contributed by atoms with E-state index in [9.17, 15) is 10.1 Å². The van der Waals surface area contributed by atoms with Crippen LogP contribution in [-0.4, -0.2) is 17.1 Å². The SMILES string of the molecule is COc1ccc(COc2c(C#N)c3ncccc3[nH]c2=O)cc1. The van der Waals surface area contributed by atoms with Gasteiger partial charge in [-0.25, -0.2) is 0 Å². The van der Waals surface area contributed by atoms with E-state index < -0.39 is 5.56 Å². The number of nitrogens with zero attached hydrogens (tertiary/aromatic N) is 2. The fourth-order valence-electron chi connectivity index (χ4n) is 2.22. The Bertz CT molecular complexity index is 940. The van der Waals surface area contributed by atoms with Crippen LogP contribution in [0.3, 0.4) is 0 Å². The number of nitrogens with one attached hydrogen (secondary N) is 1. The molecule has 0 bridgehead atoms. The molecule has 0 spiro atoms. The summed E-state index contributed by atoms with van der Waals surface area (Å²) in [6.07, 6.45) is 1.56. The second-order valence-electron chi connectivity index (χ2n) is 4.81. The molecule has 0 amide bonds. The second kappa shape index (κ2) is 6.20. The number of rotatable bonds is 4. The Morgan fingerprint density at radius 2 is 2.04 bits per heavy atom. The van der Waals surface area contributed by atoms with Gasteiger partial charge >= 0.3 is 0 Å². The van der Waals surface area contributed by atoms with Crippen LogP contribution in [0.1, 0.15) is 11.1 Å². The summed E-state index contributed by atoms with van der Waals surface area (Å²) in [5.41, 5.74) is 1.47. The molecule has 0 saturated carbocycles. The molecule has 0 atom stereocenters. The summed E-state index contributed by atoms with van der Waals surface area (Å²) in [6.45, 7) is 0.167. The lowest BCUT2D eigenvalue weighted by atomic mass is 10.2. The third kappa shape index (κ3) is 2.85. The molecule has 1 N–H and O–H groups in total. The third-order valence-corrected chi connectivity index (χ3v) is 3.38. The average molecular weight is 307 g/mol. The third-order valence-electron chi connectivity index (χ3n) is 3.38. The van der Waals surface area contributed by atoms with Crippen molar-refractivity contribution in [3.05, 3.63) is 64.1 Å². The Hall–Kier alpha value is -3.33. The highest BCUT2D eigenvalue weighted by Crippen LogP contribution is 2.21. The second-order valence-corrected chi connectivity index (χ2v) is 4.81. The van der Waals surface area contributed by atoms with E-state index in [1.54, 1.807) is 37.6 Å². The molecule has 0 unspecified atom stereocenters. The van der Waals surface area contributed by atoms with Crippen LogP contribution in [0.2, 0.25) is 0 Å². The molecule has 114 valence electrons. The normalized spacial score (nSPS) is 10.3. The van der Waals surface area contributed by atoms with Crippen LogP contribution in [0.25, 0.3) is 11.0 Å². The van der Waals surface area contributed by atoms with Crippen LogP contribution < -0.4 is 15.0 Å². The molecule has 2 heterocycles. The number of benzene rings is 1. The molecule has 2 aromatic heterocycles. The highest BCUT2D eigenvalue weighted by atomic mass is 16.5. The zero-order chi connectivity index (χ0) is 16.2. The Labute approximate surface area is 131 Å². The summed E-state index contributed by atoms with van der Waals surface area (Å²) in [6, 6.07) is 12.7. The van der Waals surface area contributed by atoms with Gasteiger partial charge in [-0.15, -0.1) is 0 Å². The molecule has 3 aromatic rings. The number of H-pyrrole nitrogens is 1. The number of hydrogen-bond acceptors (Lipinski definition) is 5. The van der Waals surface area contributed by atoms with Gasteiger partial charge in [0.1, 0.15) is 29.5 Å². The number of pyridine rings is 2. The molecular formula is C17H13N3O3. The molecule has 6 heteroatoms. The predicted octanol–water partition coefficient (Wildman–Crippen LogP) is 2.38. The van der Waals surface area contributed by atoms with Crippen molar-refractivity contribution < 1.29 is 9.47 Å². The van der Waals surface area contributed by atoms with Crippen molar-refractivity contribution in [1.29, 1.82) is 5.26 Å². The van der Waals surface area contributed by atoms with Crippen molar-refractivity contribution in [2.24, 2.45) is 0 Å². The molecule has 0 aliphatic carbocycles. The topological polar surface area (TPSA) is 88.0 Å². The zero-order valence-electron chi connectivity index (χ0n) is 12.4. The van der Waals surface area contributed by atoms with E-state index in [1.165, 1.54) is 0 Å². The number of hydrogen-bond donors (Lipinski definition) is 1. The highest BCUT2D eigenvalue weighted by Gasteiger charge is 2.14. The summed E-state index contributed by atoms with van der Waals surface area (Å²) in [5, 5.41) is 9.37. The van der Waals surface area contributed by atoms with Gasteiger partial charge in [0.15, 0.2) is 0 Å². The summed E-state index contributed by atoms with van der Waals surface area (Å²) >= 11 is 0. The van der Waals surface area contributed by atoms with Crippen LogP contribution in [0.5, 0.6) is 11.5 Å². The van der Waals surface area contributed by atoms with Gasteiger partial charge in [0.2, 0.25) is 5.75 Å². The van der Waals surface area contributed by atoms with Gasteiger partial charge in [0, 0.05) is 6.20 Å². The van der Waals surface area contributed by atoms with Crippen LogP contribution in [-0.2, 0) is 6.61 Å². The molecule has 1 aromatic carbocycles. The van der Waals surface area contributed by atoms with Crippen molar-refractivity contribution in [3.63, 3.8) is 0 Å². The summed E-state index contributed by atoms with van der Waals surface area (Å²) in [7, 11) is 1.59. The maximum atomic E-state index is 12.2. The summed E-state index contributed by atoms with van der Waals surface area (Å²) in [5.74, 6) is 0.716. The van der Waals surface area contributed by atoms with Gasteiger partial charge in [-0.05, 0) is 29.8 Å². The largest absolute Gasteiger partial charge is 0.497 e.